The number of para-hydroxylation sites is 1. The van der Waals surface area contributed by atoms with Gasteiger partial charge in [0.05, 0.1) is 12.2 Å². The van der Waals surface area contributed by atoms with Gasteiger partial charge in [-0.2, -0.15) is 0 Å². The zero-order chi connectivity index (χ0) is 17.5. The fourth-order valence-electron chi connectivity index (χ4n) is 3.23. The topological polar surface area (TPSA) is 52.6 Å². The highest BCUT2D eigenvalue weighted by Crippen LogP contribution is 2.19. The van der Waals surface area contributed by atoms with Gasteiger partial charge in [0.2, 0.25) is 0 Å². The Labute approximate surface area is 173 Å². The van der Waals surface area contributed by atoms with E-state index in [1.54, 1.807) is 0 Å². The third kappa shape index (κ3) is 5.59. The maximum Gasteiger partial charge on any atom is 0.191 e. The lowest BCUT2D eigenvalue weighted by Crippen LogP contribution is -2.51. The summed E-state index contributed by atoms with van der Waals surface area (Å²) in [5.41, 5.74) is 3.54. The summed E-state index contributed by atoms with van der Waals surface area (Å²) < 4.78 is 0. The molecular weight excluding hydrogens is 437 g/mol. The van der Waals surface area contributed by atoms with Crippen LogP contribution in [0.4, 0.5) is 5.69 Å². The van der Waals surface area contributed by atoms with E-state index in [0.717, 1.165) is 31.2 Å². The number of piperidine rings is 1. The molecular formula is C20H28IN5. The quantitative estimate of drug-likeness (QED) is 0.413. The fourth-order valence-corrected chi connectivity index (χ4v) is 3.23. The molecule has 1 aromatic heterocycles. The van der Waals surface area contributed by atoms with Crippen LogP contribution in [0.25, 0.3) is 0 Å². The molecule has 1 saturated heterocycles. The van der Waals surface area contributed by atoms with E-state index in [1.807, 2.05) is 19.3 Å². The SMILES string of the molecule is CN=C(NCc1ncccc1C)NC1CCCN(c2ccccc2)C1.I. The van der Waals surface area contributed by atoms with Gasteiger partial charge in [0.25, 0.3) is 0 Å². The fraction of sp³-hybridized carbons (Fsp3) is 0.400. The summed E-state index contributed by atoms with van der Waals surface area (Å²) in [5, 5.41) is 6.95. The number of halogens is 1. The van der Waals surface area contributed by atoms with Crippen molar-refractivity contribution in [2.75, 3.05) is 25.0 Å². The average molecular weight is 465 g/mol. The molecule has 0 spiro atoms. The largest absolute Gasteiger partial charge is 0.369 e. The highest BCUT2D eigenvalue weighted by Gasteiger charge is 2.20. The molecule has 26 heavy (non-hydrogen) atoms. The number of hydrogen-bond acceptors (Lipinski definition) is 3. The molecule has 1 aliphatic heterocycles. The van der Waals surface area contributed by atoms with Gasteiger partial charge in [-0.15, -0.1) is 24.0 Å². The van der Waals surface area contributed by atoms with Crippen LogP contribution in [0.3, 0.4) is 0 Å². The number of aromatic nitrogens is 1. The molecule has 6 heteroatoms. The van der Waals surface area contributed by atoms with Crippen LogP contribution in [0.1, 0.15) is 24.1 Å². The first-order chi connectivity index (χ1) is 12.3. The summed E-state index contributed by atoms with van der Waals surface area (Å²) in [6, 6.07) is 15.1. The lowest BCUT2D eigenvalue weighted by molar-refractivity contribution is 0.468. The summed E-state index contributed by atoms with van der Waals surface area (Å²) in [7, 11) is 1.82. The molecule has 1 aromatic carbocycles. The summed E-state index contributed by atoms with van der Waals surface area (Å²) in [6.45, 7) is 4.87. The molecule has 140 valence electrons. The Kier molecular flexibility index (Phi) is 8.15. The van der Waals surface area contributed by atoms with Crippen LogP contribution < -0.4 is 15.5 Å². The van der Waals surface area contributed by atoms with Crippen LogP contribution in [0.5, 0.6) is 0 Å². The number of aliphatic imine (C=N–C) groups is 1. The van der Waals surface area contributed by atoms with Gasteiger partial charge in [-0.1, -0.05) is 24.3 Å². The van der Waals surface area contributed by atoms with Gasteiger partial charge < -0.3 is 15.5 Å². The second-order valence-corrected chi connectivity index (χ2v) is 6.46. The first-order valence-corrected chi connectivity index (χ1v) is 8.94. The van der Waals surface area contributed by atoms with E-state index in [-0.39, 0.29) is 24.0 Å². The third-order valence-corrected chi connectivity index (χ3v) is 4.65. The Morgan fingerprint density at radius 1 is 1.23 bits per heavy atom. The molecule has 1 atom stereocenters. The summed E-state index contributed by atoms with van der Waals surface area (Å²) in [5.74, 6) is 0.838. The minimum absolute atomic E-state index is 0. The van der Waals surface area contributed by atoms with Crippen LogP contribution in [-0.2, 0) is 6.54 Å². The van der Waals surface area contributed by atoms with Crippen LogP contribution in [0.2, 0.25) is 0 Å². The molecule has 5 nitrogen and oxygen atoms in total. The Bertz CT molecular complexity index is 704. The average Bonchev–Trinajstić information content (AvgIpc) is 2.67. The number of nitrogens with one attached hydrogen (secondary N) is 2. The van der Waals surface area contributed by atoms with Crippen molar-refractivity contribution in [1.82, 2.24) is 15.6 Å². The van der Waals surface area contributed by atoms with E-state index in [4.69, 9.17) is 0 Å². The molecule has 0 saturated carbocycles. The van der Waals surface area contributed by atoms with E-state index in [2.05, 4.69) is 68.8 Å². The van der Waals surface area contributed by atoms with Crippen molar-refractivity contribution in [1.29, 1.82) is 0 Å². The first-order valence-electron chi connectivity index (χ1n) is 8.94. The molecule has 1 aliphatic rings. The molecule has 1 unspecified atom stereocenters. The van der Waals surface area contributed by atoms with Crippen LogP contribution >= 0.6 is 24.0 Å². The minimum atomic E-state index is 0. The predicted octanol–water partition coefficient (Wildman–Crippen LogP) is 3.34. The zero-order valence-corrected chi connectivity index (χ0v) is 17.8. The predicted molar refractivity (Wildman–Crippen MR) is 119 cm³/mol. The van der Waals surface area contributed by atoms with E-state index in [9.17, 15) is 0 Å². The van der Waals surface area contributed by atoms with E-state index in [1.165, 1.54) is 17.7 Å². The zero-order valence-electron chi connectivity index (χ0n) is 15.5. The van der Waals surface area contributed by atoms with Gasteiger partial charge in [-0.05, 0) is 43.5 Å². The van der Waals surface area contributed by atoms with Gasteiger partial charge in [0.1, 0.15) is 0 Å². The Morgan fingerprint density at radius 3 is 2.77 bits per heavy atom. The summed E-state index contributed by atoms with van der Waals surface area (Å²) in [4.78, 5) is 11.2. The normalized spacial score (nSPS) is 17.4. The van der Waals surface area contributed by atoms with E-state index in [0.29, 0.717) is 12.6 Å². The lowest BCUT2D eigenvalue weighted by atomic mass is 10.1. The van der Waals surface area contributed by atoms with Crippen molar-refractivity contribution in [2.45, 2.75) is 32.4 Å². The summed E-state index contributed by atoms with van der Waals surface area (Å²) >= 11 is 0. The summed E-state index contributed by atoms with van der Waals surface area (Å²) in [6.07, 6.45) is 4.18. The van der Waals surface area contributed by atoms with Crippen LogP contribution in [0, 0.1) is 6.92 Å². The smallest absolute Gasteiger partial charge is 0.191 e. The maximum atomic E-state index is 4.43. The molecule has 1 fully saturated rings. The van der Waals surface area contributed by atoms with Crippen LogP contribution in [-0.4, -0.2) is 37.1 Å². The number of hydrogen-bond donors (Lipinski definition) is 2. The van der Waals surface area contributed by atoms with Gasteiger partial charge in [0.15, 0.2) is 5.96 Å². The number of nitrogens with zero attached hydrogens (tertiary/aromatic N) is 3. The van der Waals surface area contributed by atoms with E-state index >= 15 is 0 Å². The molecule has 0 bridgehead atoms. The maximum absolute atomic E-state index is 4.43. The van der Waals surface area contributed by atoms with Crippen molar-refractivity contribution in [3.05, 3.63) is 59.9 Å². The molecule has 3 rings (SSSR count). The molecule has 0 amide bonds. The van der Waals surface area contributed by atoms with Gasteiger partial charge in [0, 0.05) is 38.1 Å². The van der Waals surface area contributed by atoms with Crippen molar-refractivity contribution in [3.8, 4) is 0 Å². The Hall–Kier alpha value is -1.83. The number of pyridine rings is 1. The number of aryl methyl sites for hydroxylation is 1. The van der Waals surface area contributed by atoms with Gasteiger partial charge in [-0.25, -0.2) is 0 Å². The molecule has 2 N–H and O–H groups in total. The molecule has 0 radical (unpaired) electrons. The lowest BCUT2D eigenvalue weighted by Gasteiger charge is -2.35. The highest BCUT2D eigenvalue weighted by molar-refractivity contribution is 14.0. The van der Waals surface area contributed by atoms with Crippen molar-refractivity contribution in [3.63, 3.8) is 0 Å². The van der Waals surface area contributed by atoms with Gasteiger partial charge in [-0.3, -0.25) is 9.98 Å². The Balaban J connectivity index is 0.00000243. The molecule has 2 aromatic rings. The van der Waals surface area contributed by atoms with Crippen molar-refractivity contribution < 1.29 is 0 Å². The number of guanidine groups is 1. The Morgan fingerprint density at radius 2 is 2.04 bits per heavy atom. The van der Waals surface area contributed by atoms with Crippen molar-refractivity contribution >= 4 is 35.6 Å². The highest BCUT2D eigenvalue weighted by atomic mass is 127. The minimum Gasteiger partial charge on any atom is -0.369 e. The second kappa shape index (κ2) is 10.4. The second-order valence-electron chi connectivity index (χ2n) is 6.46. The third-order valence-electron chi connectivity index (χ3n) is 4.65. The standard InChI is InChI=1S/C20H27N5.HI/c1-16-8-6-12-22-19(16)14-23-20(21-2)24-17-9-7-13-25(15-17)18-10-4-3-5-11-18;/h3-6,8,10-12,17H,7,9,13-15H2,1-2H3,(H2,21,23,24);1H. The van der Waals surface area contributed by atoms with Crippen LogP contribution in [0.15, 0.2) is 53.7 Å². The first kappa shape index (κ1) is 20.5. The van der Waals surface area contributed by atoms with E-state index < -0.39 is 0 Å². The number of rotatable bonds is 4. The number of benzene rings is 1. The van der Waals surface area contributed by atoms with Crippen molar-refractivity contribution in [2.24, 2.45) is 4.99 Å². The van der Waals surface area contributed by atoms with Gasteiger partial charge >= 0.3 is 0 Å². The number of anilines is 1. The monoisotopic (exact) mass is 465 g/mol. The molecule has 2 heterocycles. The molecule has 0 aliphatic carbocycles.